The maximum atomic E-state index is 5.99. The Morgan fingerprint density at radius 2 is 1.81 bits per heavy atom. The van der Waals surface area contributed by atoms with Gasteiger partial charge in [0.25, 0.3) is 0 Å². The summed E-state index contributed by atoms with van der Waals surface area (Å²) in [6.07, 6.45) is 3.59. The zero-order chi connectivity index (χ0) is 21.5. The van der Waals surface area contributed by atoms with Crippen LogP contribution < -0.4 is 10.2 Å². The van der Waals surface area contributed by atoms with Crippen LogP contribution in [0.15, 0.2) is 40.0 Å². The van der Waals surface area contributed by atoms with E-state index in [2.05, 4.69) is 43.0 Å². The molecule has 32 heavy (non-hydrogen) atoms. The lowest BCUT2D eigenvalue weighted by Crippen LogP contribution is -2.53. The molecule has 0 aromatic carbocycles. The molecule has 2 saturated heterocycles. The summed E-state index contributed by atoms with van der Waals surface area (Å²) in [5.41, 5.74) is 0. The van der Waals surface area contributed by atoms with Crippen LogP contribution in [0.5, 0.6) is 0 Å². The third-order valence-electron chi connectivity index (χ3n) is 5.74. The van der Waals surface area contributed by atoms with Gasteiger partial charge in [0.05, 0.1) is 25.8 Å². The highest BCUT2D eigenvalue weighted by Gasteiger charge is 2.26. The van der Waals surface area contributed by atoms with Crippen LogP contribution >= 0.6 is 24.0 Å². The zero-order valence-electron chi connectivity index (χ0n) is 18.9. The summed E-state index contributed by atoms with van der Waals surface area (Å²) in [7, 11) is 0. The Bertz CT molecular complexity index is 834. The first-order chi connectivity index (χ1) is 15.2. The lowest BCUT2D eigenvalue weighted by Gasteiger charge is -2.37. The molecule has 9 nitrogen and oxygen atoms in total. The van der Waals surface area contributed by atoms with Gasteiger partial charge in [-0.1, -0.05) is 0 Å². The van der Waals surface area contributed by atoms with E-state index < -0.39 is 0 Å². The minimum atomic E-state index is 0. The molecule has 0 radical (unpaired) electrons. The predicted octanol–water partition coefficient (Wildman–Crippen LogP) is 2.16. The summed E-state index contributed by atoms with van der Waals surface area (Å²) < 4.78 is 11.5. The lowest BCUT2D eigenvalue weighted by atomic mass is 10.1. The number of nitrogens with one attached hydrogen (secondary N) is 1. The van der Waals surface area contributed by atoms with Gasteiger partial charge in [-0.25, -0.2) is 9.97 Å². The van der Waals surface area contributed by atoms with Crippen molar-refractivity contribution >= 4 is 35.9 Å². The van der Waals surface area contributed by atoms with Crippen molar-refractivity contribution in [1.29, 1.82) is 0 Å². The maximum absolute atomic E-state index is 5.99. The SMILES string of the molecule is CCNC(=NCC(c1ccc(C)o1)N1CCOCC1)N1CCN(c2ncccn2)CC1.I. The van der Waals surface area contributed by atoms with Crippen molar-refractivity contribution in [2.75, 3.05) is 70.5 Å². The van der Waals surface area contributed by atoms with Crippen molar-refractivity contribution < 1.29 is 9.15 Å². The van der Waals surface area contributed by atoms with Crippen LogP contribution in [-0.4, -0.2) is 91.3 Å². The van der Waals surface area contributed by atoms with E-state index in [4.69, 9.17) is 14.1 Å². The molecule has 2 aromatic rings. The molecule has 176 valence electrons. The van der Waals surface area contributed by atoms with E-state index in [9.17, 15) is 0 Å². The molecule has 2 fully saturated rings. The molecule has 0 amide bonds. The highest BCUT2D eigenvalue weighted by atomic mass is 127. The number of aromatic nitrogens is 2. The largest absolute Gasteiger partial charge is 0.465 e. The number of hydrogen-bond acceptors (Lipinski definition) is 7. The van der Waals surface area contributed by atoms with Gasteiger partial charge in [0.15, 0.2) is 5.96 Å². The number of nitrogens with zero attached hydrogens (tertiary/aromatic N) is 6. The number of furan rings is 1. The molecular formula is C22H34IN7O2. The van der Waals surface area contributed by atoms with Crippen LogP contribution in [-0.2, 0) is 4.74 Å². The van der Waals surface area contributed by atoms with Gasteiger partial charge < -0.3 is 24.3 Å². The van der Waals surface area contributed by atoms with Crippen LogP contribution in [0, 0.1) is 6.92 Å². The molecule has 10 heteroatoms. The van der Waals surface area contributed by atoms with E-state index in [1.165, 1.54) is 0 Å². The Balaban J connectivity index is 0.00000289. The molecule has 1 N–H and O–H groups in total. The first-order valence-corrected chi connectivity index (χ1v) is 11.2. The zero-order valence-corrected chi connectivity index (χ0v) is 21.3. The summed E-state index contributed by atoms with van der Waals surface area (Å²) in [5, 5.41) is 3.47. The molecule has 2 aliphatic heterocycles. The third kappa shape index (κ3) is 6.32. The maximum Gasteiger partial charge on any atom is 0.225 e. The number of morpholine rings is 1. The molecule has 4 rings (SSSR count). The molecule has 0 saturated carbocycles. The fourth-order valence-corrected chi connectivity index (χ4v) is 4.08. The van der Waals surface area contributed by atoms with Gasteiger partial charge in [-0.3, -0.25) is 9.89 Å². The lowest BCUT2D eigenvalue weighted by molar-refractivity contribution is 0.0135. The number of hydrogen-bond donors (Lipinski definition) is 1. The quantitative estimate of drug-likeness (QED) is 0.330. The second-order valence-electron chi connectivity index (χ2n) is 7.83. The minimum absolute atomic E-state index is 0. The number of aryl methyl sites for hydroxylation is 1. The number of halogens is 1. The molecule has 0 bridgehead atoms. The molecule has 2 aliphatic rings. The number of rotatable bonds is 6. The second-order valence-corrected chi connectivity index (χ2v) is 7.83. The van der Waals surface area contributed by atoms with Crippen molar-refractivity contribution in [3.8, 4) is 0 Å². The predicted molar refractivity (Wildman–Crippen MR) is 136 cm³/mol. The number of anilines is 1. The topological polar surface area (TPSA) is 82.3 Å². The summed E-state index contributed by atoms with van der Waals surface area (Å²) in [4.78, 5) is 20.8. The Labute approximate surface area is 207 Å². The summed E-state index contributed by atoms with van der Waals surface area (Å²) in [5.74, 6) is 3.66. The van der Waals surface area contributed by atoms with E-state index in [0.717, 1.165) is 82.5 Å². The number of guanidine groups is 1. The average molecular weight is 555 g/mol. The monoisotopic (exact) mass is 555 g/mol. The molecule has 4 heterocycles. The molecular weight excluding hydrogens is 521 g/mol. The van der Waals surface area contributed by atoms with Gasteiger partial charge >= 0.3 is 0 Å². The van der Waals surface area contributed by atoms with Crippen molar-refractivity contribution in [2.24, 2.45) is 4.99 Å². The fraction of sp³-hybridized carbons (Fsp3) is 0.591. The van der Waals surface area contributed by atoms with E-state index in [0.29, 0.717) is 6.54 Å². The highest BCUT2D eigenvalue weighted by molar-refractivity contribution is 14.0. The van der Waals surface area contributed by atoms with Crippen molar-refractivity contribution in [3.05, 3.63) is 42.1 Å². The summed E-state index contributed by atoms with van der Waals surface area (Å²) >= 11 is 0. The van der Waals surface area contributed by atoms with Crippen LogP contribution in [0.3, 0.4) is 0 Å². The number of aliphatic imine (C=N–C) groups is 1. The van der Waals surface area contributed by atoms with E-state index >= 15 is 0 Å². The van der Waals surface area contributed by atoms with Gasteiger partial charge in [0, 0.05) is 58.2 Å². The van der Waals surface area contributed by atoms with Crippen molar-refractivity contribution in [3.63, 3.8) is 0 Å². The molecule has 0 aliphatic carbocycles. The first-order valence-electron chi connectivity index (χ1n) is 11.2. The van der Waals surface area contributed by atoms with E-state index in [1.54, 1.807) is 12.4 Å². The first kappa shape index (κ1) is 24.7. The second kappa shape index (κ2) is 12.4. The Kier molecular flexibility index (Phi) is 9.54. The Hall–Kier alpha value is -1.92. The van der Waals surface area contributed by atoms with Gasteiger partial charge in [0.2, 0.25) is 5.95 Å². The van der Waals surface area contributed by atoms with Gasteiger partial charge in [0.1, 0.15) is 11.5 Å². The van der Waals surface area contributed by atoms with Gasteiger partial charge in [-0.15, -0.1) is 24.0 Å². The standard InChI is InChI=1S/C22H33N7O2.HI/c1-3-23-21(28-9-11-29(12-10-28)22-24-7-4-8-25-22)26-17-19(20-6-5-18(2)31-20)27-13-15-30-16-14-27;/h4-8,19H,3,9-17H2,1-2H3,(H,23,26);1H. The van der Waals surface area contributed by atoms with Crippen molar-refractivity contribution in [2.45, 2.75) is 19.9 Å². The van der Waals surface area contributed by atoms with Crippen LogP contribution in [0.4, 0.5) is 5.95 Å². The smallest absolute Gasteiger partial charge is 0.225 e. The van der Waals surface area contributed by atoms with E-state index in [-0.39, 0.29) is 30.0 Å². The number of ether oxygens (including phenoxy) is 1. The Morgan fingerprint density at radius 3 is 2.44 bits per heavy atom. The van der Waals surface area contributed by atoms with Gasteiger partial charge in [-0.2, -0.15) is 0 Å². The van der Waals surface area contributed by atoms with Crippen LogP contribution in [0.1, 0.15) is 24.5 Å². The fourth-order valence-electron chi connectivity index (χ4n) is 4.08. The summed E-state index contributed by atoms with van der Waals surface area (Å²) in [6.45, 7) is 12.4. The average Bonchev–Trinajstić information content (AvgIpc) is 3.26. The molecule has 1 atom stereocenters. The number of piperazine rings is 1. The van der Waals surface area contributed by atoms with E-state index in [1.807, 2.05) is 19.1 Å². The van der Waals surface area contributed by atoms with Crippen LogP contribution in [0.2, 0.25) is 0 Å². The third-order valence-corrected chi connectivity index (χ3v) is 5.74. The molecule has 1 unspecified atom stereocenters. The van der Waals surface area contributed by atoms with Crippen LogP contribution in [0.25, 0.3) is 0 Å². The normalized spacial score (nSPS) is 18.9. The van der Waals surface area contributed by atoms with Crippen molar-refractivity contribution in [1.82, 2.24) is 25.1 Å². The minimum Gasteiger partial charge on any atom is -0.465 e. The summed E-state index contributed by atoms with van der Waals surface area (Å²) in [6, 6.07) is 6.07. The molecule has 2 aromatic heterocycles. The molecule has 0 spiro atoms. The van der Waals surface area contributed by atoms with Gasteiger partial charge in [-0.05, 0) is 32.0 Å². The highest BCUT2D eigenvalue weighted by Crippen LogP contribution is 2.24. The Morgan fingerprint density at radius 1 is 1.09 bits per heavy atom.